The second kappa shape index (κ2) is 4.63. The van der Waals surface area contributed by atoms with Crippen LogP contribution in [0.15, 0.2) is 12.1 Å². The number of hydrogen-bond acceptors (Lipinski definition) is 1. The predicted molar refractivity (Wildman–Crippen MR) is 66.2 cm³/mol. The lowest BCUT2D eigenvalue weighted by molar-refractivity contribution is 0.131. The molecule has 84 valence electrons. The molecule has 0 fully saturated rings. The second-order valence-electron chi connectivity index (χ2n) is 4.46. The Morgan fingerprint density at radius 3 is 2.27 bits per heavy atom. The fraction of sp³-hybridized carbons (Fsp3) is 0.500. The van der Waals surface area contributed by atoms with Crippen LogP contribution >= 0.6 is 23.2 Å². The molecule has 1 rings (SSSR count). The molecule has 0 N–H and O–H groups in total. The van der Waals surface area contributed by atoms with Gasteiger partial charge in [0.05, 0.1) is 5.02 Å². The molecule has 0 saturated heterocycles. The van der Waals surface area contributed by atoms with Crippen LogP contribution in [0.3, 0.4) is 0 Å². The van der Waals surface area contributed by atoms with Gasteiger partial charge >= 0.3 is 0 Å². The molecular formula is C12H16Cl2O. The summed E-state index contributed by atoms with van der Waals surface area (Å²) >= 11 is 12.1. The molecule has 0 heterocycles. The van der Waals surface area contributed by atoms with Crippen LogP contribution in [0, 0.1) is 0 Å². The molecule has 0 unspecified atom stereocenters. The van der Waals surface area contributed by atoms with Crippen molar-refractivity contribution in [2.24, 2.45) is 0 Å². The summed E-state index contributed by atoms with van der Waals surface area (Å²) in [6.45, 7) is 8.02. The molecule has 0 atom stereocenters. The third-order valence-electron chi connectivity index (χ3n) is 1.88. The Morgan fingerprint density at radius 1 is 1.20 bits per heavy atom. The van der Waals surface area contributed by atoms with Crippen molar-refractivity contribution in [3.8, 4) is 5.75 Å². The third-order valence-corrected chi connectivity index (χ3v) is 2.66. The maximum absolute atomic E-state index is 6.07. The first kappa shape index (κ1) is 12.7. The van der Waals surface area contributed by atoms with Crippen molar-refractivity contribution < 1.29 is 4.74 Å². The lowest BCUT2D eigenvalue weighted by atomic mass is 10.1. The summed E-state index contributed by atoms with van der Waals surface area (Å²) < 4.78 is 5.74. The lowest BCUT2D eigenvalue weighted by Crippen LogP contribution is -2.23. The quantitative estimate of drug-likeness (QED) is 0.733. The Morgan fingerprint density at radius 2 is 1.80 bits per heavy atom. The molecular weight excluding hydrogens is 231 g/mol. The summed E-state index contributed by atoms with van der Waals surface area (Å²) in [6.07, 6.45) is 0.914. The van der Waals surface area contributed by atoms with E-state index in [1.165, 1.54) is 0 Å². The fourth-order valence-corrected chi connectivity index (χ4v) is 1.61. The van der Waals surface area contributed by atoms with Crippen molar-refractivity contribution in [1.29, 1.82) is 0 Å². The number of rotatable bonds is 2. The zero-order chi connectivity index (χ0) is 11.6. The van der Waals surface area contributed by atoms with Crippen LogP contribution in [0.2, 0.25) is 10.0 Å². The van der Waals surface area contributed by atoms with Gasteiger partial charge in [-0.05, 0) is 44.9 Å². The van der Waals surface area contributed by atoms with Crippen LogP contribution in [0.5, 0.6) is 5.75 Å². The number of benzene rings is 1. The first-order valence-corrected chi connectivity index (χ1v) is 5.76. The van der Waals surface area contributed by atoms with Gasteiger partial charge in [0.25, 0.3) is 0 Å². The summed E-state index contributed by atoms with van der Waals surface area (Å²) in [6, 6.07) is 3.82. The molecule has 0 bridgehead atoms. The monoisotopic (exact) mass is 246 g/mol. The zero-order valence-electron chi connectivity index (χ0n) is 9.53. The number of aryl methyl sites for hydroxylation is 1. The second-order valence-corrected chi connectivity index (χ2v) is 5.24. The maximum atomic E-state index is 6.07. The van der Waals surface area contributed by atoms with E-state index in [-0.39, 0.29) is 5.60 Å². The van der Waals surface area contributed by atoms with Gasteiger partial charge in [0.1, 0.15) is 16.4 Å². The van der Waals surface area contributed by atoms with E-state index < -0.39 is 0 Å². The SMILES string of the molecule is CCc1cc(Cl)c(Cl)c(OC(C)(C)C)c1. The summed E-state index contributed by atoms with van der Waals surface area (Å²) in [5, 5.41) is 1.04. The Hall–Kier alpha value is -0.400. The van der Waals surface area contributed by atoms with E-state index in [1.807, 2.05) is 32.9 Å². The van der Waals surface area contributed by atoms with Gasteiger partial charge in [-0.3, -0.25) is 0 Å². The smallest absolute Gasteiger partial charge is 0.140 e. The molecule has 0 radical (unpaired) electrons. The van der Waals surface area contributed by atoms with Gasteiger partial charge in [0.2, 0.25) is 0 Å². The van der Waals surface area contributed by atoms with Gasteiger partial charge in [-0.25, -0.2) is 0 Å². The van der Waals surface area contributed by atoms with Gasteiger partial charge in [0.15, 0.2) is 0 Å². The average Bonchev–Trinajstić information content (AvgIpc) is 2.10. The lowest BCUT2D eigenvalue weighted by Gasteiger charge is -2.22. The highest BCUT2D eigenvalue weighted by molar-refractivity contribution is 6.43. The third kappa shape index (κ3) is 3.58. The highest BCUT2D eigenvalue weighted by Gasteiger charge is 2.16. The van der Waals surface area contributed by atoms with Crippen LogP contribution in [-0.2, 0) is 6.42 Å². The van der Waals surface area contributed by atoms with E-state index in [0.717, 1.165) is 12.0 Å². The predicted octanol–water partition coefficient (Wildman–Crippen LogP) is 4.73. The van der Waals surface area contributed by atoms with Crippen LogP contribution < -0.4 is 4.74 Å². The van der Waals surface area contributed by atoms with E-state index >= 15 is 0 Å². The number of hydrogen-bond donors (Lipinski definition) is 0. The van der Waals surface area contributed by atoms with Gasteiger partial charge in [-0.1, -0.05) is 30.1 Å². The maximum Gasteiger partial charge on any atom is 0.140 e. The van der Waals surface area contributed by atoms with Crippen molar-refractivity contribution in [2.45, 2.75) is 39.7 Å². The summed E-state index contributed by atoms with van der Waals surface area (Å²) in [4.78, 5) is 0. The van der Waals surface area contributed by atoms with E-state index in [2.05, 4.69) is 6.92 Å². The van der Waals surface area contributed by atoms with Crippen molar-refractivity contribution >= 4 is 23.2 Å². The van der Waals surface area contributed by atoms with Gasteiger partial charge < -0.3 is 4.74 Å². The summed E-state index contributed by atoms with van der Waals surface area (Å²) in [7, 11) is 0. The summed E-state index contributed by atoms with van der Waals surface area (Å²) in [5.74, 6) is 0.661. The topological polar surface area (TPSA) is 9.23 Å². The normalized spacial score (nSPS) is 11.6. The van der Waals surface area contributed by atoms with E-state index in [0.29, 0.717) is 15.8 Å². The number of ether oxygens (including phenoxy) is 1. The average molecular weight is 247 g/mol. The van der Waals surface area contributed by atoms with Crippen molar-refractivity contribution in [3.63, 3.8) is 0 Å². The zero-order valence-corrected chi connectivity index (χ0v) is 11.0. The minimum absolute atomic E-state index is 0.265. The molecule has 3 heteroatoms. The van der Waals surface area contributed by atoms with E-state index in [1.54, 1.807) is 0 Å². The van der Waals surface area contributed by atoms with Crippen LogP contribution in [-0.4, -0.2) is 5.60 Å². The largest absolute Gasteiger partial charge is 0.487 e. The number of halogens is 2. The molecule has 0 spiro atoms. The Kier molecular flexibility index (Phi) is 3.91. The van der Waals surface area contributed by atoms with Gasteiger partial charge in [-0.15, -0.1) is 0 Å². The molecule has 1 nitrogen and oxygen atoms in total. The van der Waals surface area contributed by atoms with Crippen molar-refractivity contribution in [1.82, 2.24) is 0 Å². The molecule has 15 heavy (non-hydrogen) atoms. The molecule has 0 aliphatic carbocycles. The highest BCUT2D eigenvalue weighted by Crippen LogP contribution is 2.35. The Balaban J connectivity index is 3.11. The minimum atomic E-state index is -0.265. The summed E-state index contributed by atoms with van der Waals surface area (Å²) in [5.41, 5.74) is 0.864. The van der Waals surface area contributed by atoms with Gasteiger partial charge in [0, 0.05) is 0 Å². The molecule has 0 saturated carbocycles. The Bertz CT molecular complexity index is 353. The molecule has 0 amide bonds. The molecule has 1 aromatic carbocycles. The van der Waals surface area contributed by atoms with E-state index in [9.17, 15) is 0 Å². The van der Waals surface area contributed by atoms with Crippen LogP contribution in [0.1, 0.15) is 33.3 Å². The highest BCUT2D eigenvalue weighted by atomic mass is 35.5. The standard InChI is InChI=1S/C12H16Cl2O/c1-5-8-6-9(13)11(14)10(7-8)15-12(2,3)4/h6-7H,5H2,1-4H3. The molecule has 0 aromatic heterocycles. The molecule has 0 aliphatic rings. The first-order valence-electron chi connectivity index (χ1n) is 5.00. The van der Waals surface area contributed by atoms with E-state index in [4.69, 9.17) is 27.9 Å². The molecule has 0 aliphatic heterocycles. The van der Waals surface area contributed by atoms with Crippen molar-refractivity contribution in [3.05, 3.63) is 27.7 Å². The minimum Gasteiger partial charge on any atom is -0.487 e. The first-order chi connectivity index (χ1) is 6.83. The molecule has 1 aromatic rings. The van der Waals surface area contributed by atoms with Crippen LogP contribution in [0.4, 0.5) is 0 Å². The van der Waals surface area contributed by atoms with Crippen LogP contribution in [0.25, 0.3) is 0 Å². The van der Waals surface area contributed by atoms with Crippen molar-refractivity contribution in [2.75, 3.05) is 0 Å². The Labute approximate surface area is 101 Å². The van der Waals surface area contributed by atoms with Gasteiger partial charge in [-0.2, -0.15) is 0 Å². The fourth-order valence-electron chi connectivity index (χ4n) is 1.23.